The van der Waals surface area contributed by atoms with E-state index >= 15 is 0 Å². The van der Waals surface area contributed by atoms with Crippen LogP contribution in [0.25, 0.3) is 11.1 Å². The normalized spacial score (nSPS) is 20.3. The van der Waals surface area contributed by atoms with Gasteiger partial charge in [-0.1, -0.05) is 68.4 Å². The van der Waals surface area contributed by atoms with E-state index in [4.69, 9.17) is 0 Å². The van der Waals surface area contributed by atoms with Gasteiger partial charge in [0, 0.05) is 23.6 Å². The van der Waals surface area contributed by atoms with E-state index in [-0.39, 0.29) is 12.3 Å². The van der Waals surface area contributed by atoms with Crippen LogP contribution in [0.2, 0.25) is 0 Å². The third-order valence-electron chi connectivity index (χ3n) is 8.54. The summed E-state index contributed by atoms with van der Waals surface area (Å²) < 4.78 is 0. The third-order valence-corrected chi connectivity index (χ3v) is 8.54. The molecule has 0 radical (unpaired) electrons. The summed E-state index contributed by atoms with van der Waals surface area (Å²) >= 11 is 0. The van der Waals surface area contributed by atoms with Crippen LogP contribution in [0.3, 0.4) is 0 Å². The van der Waals surface area contributed by atoms with Gasteiger partial charge in [0.2, 0.25) is 5.91 Å². The number of carboxylic acids is 2. The topological polar surface area (TPSA) is 133 Å². The Balaban J connectivity index is 1.37. The molecule has 2 amide bonds. The lowest BCUT2D eigenvalue weighted by atomic mass is 9.65. The fourth-order valence-electron chi connectivity index (χ4n) is 5.42. The highest BCUT2D eigenvalue weighted by Gasteiger charge is 2.58. The number of anilines is 1. The lowest BCUT2D eigenvalue weighted by Gasteiger charge is -2.38. The van der Waals surface area contributed by atoms with Crippen molar-refractivity contribution in [2.24, 2.45) is 16.7 Å². The smallest absolute Gasteiger partial charge is 0.326 e. The Morgan fingerprint density at radius 1 is 0.850 bits per heavy atom. The van der Waals surface area contributed by atoms with Crippen molar-refractivity contribution in [3.8, 4) is 11.1 Å². The average molecular weight is 543 g/mol. The zero-order valence-corrected chi connectivity index (χ0v) is 22.8. The molecule has 8 nitrogen and oxygen atoms in total. The summed E-state index contributed by atoms with van der Waals surface area (Å²) in [6.45, 7) is 5.13. The van der Waals surface area contributed by atoms with Crippen molar-refractivity contribution in [2.75, 3.05) is 5.32 Å². The highest BCUT2D eigenvalue weighted by Crippen LogP contribution is 2.56. The zero-order valence-electron chi connectivity index (χ0n) is 22.8. The number of nitrogens with one attached hydrogen (secondary N) is 2. The molecule has 1 saturated carbocycles. The van der Waals surface area contributed by atoms with Gasteiger partial charge in [-0.3, -0.25) is 14.4 Å². The molecule has 3 aromatic carbocycles. The van der Waals surface area contributed by atoms with E-state index in [1.165, 1.54) is 0 Å². The molecule has 0 aromatic heterocycles. The number of rotatable bonds is 9. The monoisotopic (exact) mass is 542 g/mol. The SMILES string of the molecule is CC1(C)[C@@H](C(=O)N[C@@H](Cc2ccc(NC(=O)c3ccc(-c4ccccc4)cc3)cc2)C(=O)O)CC[C@@]1(C)C(=O)O. The van der Waals surface area contributed by atoms with E-state index in [1.807, 2.05) is 42.5 Å². The maximum Gasteiger partial charge on any atom is 0.326 e. The molecule has 1 aliphatic rings. The standard InChI is InChI=1S/C32H34N2O6/c1-31(2)25(17-18-32(31,3)30(39)40)28(36)34-26(29(37)38)19-20-9-15-24(16-10-20)33-27(35)23-13-11-22(12-14-23)21-7-5-4-6-8-21/h4-16,25-26H,17-19H2,1-3H3,(H,33,35)(H,34,36)(H,37,38)(H,39,40)/t25-,26+,32+/m1/s1. The molecule has 1 aliphatic carbocycles. The molecule has 3 aromatic rings. The number of benzene rings is 3. The maximum absolute atomic E-state index is 13.1. The lowest BCUT2D eigenvalue weighted by Crippen LogP contribution is -2.49. The van der Waals surface area contributed by atoms with Gasteiger partial charge in [-0.2, -0.15) is 0 Å². The number of amides is 2. The van der Waals surface area contributed by atoms with E-state index in [9.17, 15) is 29.4 Å². The van der Waals surface area contributed by atoms with E-state index < -0.39 is 40.6 Å². The fourth-order valence-corrected chi connectivity index (χ4v) is 5.42. The average Bonchev–Trinajstić information content (AvgIpc) is 3.19. The van der Waals surface area contributed by atoms with Gasteiger partial charge in [-0.15, -0.1) is 0 Å². The number of hydrogen-bond acceptors (Lipinski definition) is 4. The molecule has 1 fully saturated rings. The fraction of sp³-hybridized carbons (Fsp3) is 0.312. The van der Waals surface area contributed by atoms with Crippen molar-refractivity contribution >= 4 is 29.4 Å². The van der Waals surface area contributed by atoms with Crippen LogP contribution in [0, 0.1) is 16.7 Å². The van der Waals surface area contributed by atoms with Crippen LogP contribution in [-0.2, 0) is 20.8 Å². The van der Waals surface area contributed by atoms with Crippen LogP contribution < -0.4 is 10.6 Å². The molecule has 0 unspecified atom stereocenters. The summed E-state index contributed by atoms with van der Waals surface area (Å²) in [6.07, 6.45) is 0.756. The van der Waals surface area contributed by atoms with Crippen LogP contribution in [0.4, 0.5) is 5.69 Å². The number of aliphatic carboxylic acids is 2. The molecule has 0 spiro atoms. The Morgan fingerprint density at radius 2 is 1.45 bits per heavy atom. The van der Waals surface area contributed by atoms with Crippen molar-refractivity contribution in [1.29, 1.82) is 0 Å². The summed E-state index contributed by atoms with van der Waals surface area (Å²) in [6, 6.07) is 22.8. The van der Waals surface area contributed by atoms with E-state index in [0.29, 0.717) is 29.7 Å². The highest BCUT2D eigenvalue weighted by atomic mass is 16.4. The minimum absolute atomic E-state index is 0.0413. The molecule has 0 bridgehead atoms. The molecule has 3 atom stereocenters. The molecule has 0 heterocycles. The quantitative estimate of drug-likeness (QED) is 0.292. The first-order chi connectivity index (χ1) is 18.9. The summed E-state index contributed by atoms with van der Waals surface area (Å²) in [7, 11) is 0. The van der Waals surface area contributed by atoms with E-state index in [0.717, 1.165) is 11.1 Å². The van der Waals surface area contributed by atoms with Gasteiger partial charge in [0.05, 0.1) is 5.41 Å². The van der Waals surface area contributed by atoms with Crippen molar-refractivity contribution < 1.29 is 29.4 Å². The second-order valence-corrected chi connectivity index (χ2v) is 11.1. The summed E-state index contributed by atoms with van der Waals surface area (Å²) in [4.78, 5) is 49.6. The zero-order chi connectivity index (χ0) is 29.1. The largest absolute Gasteiger partial charge is 0.481 e. The first-order valence-electron chi connectivity index (χ1n) is 13.2. The summed E-state index contributed by atoms with van der Waals surface area (Å²) in [5.41, 5.74) is 1.88. The minimum Gasteiger partial charge on any atom is -0.481 e. The van der Waals surface area contributed by atoms with Crippen LogP contribution in [0.15, 0.2) is 78.9 Å². The molecule has 208 valence electrons. The molecule has 8 heteroatoms. The van der Waals surface area contributed by atoms with Crippen LogP contribution >= 0.6 is 0 Å². The summed E-state index contributed by atoms with van der Waals surface area (Å²) in [5, 5.41) is 25.0. The van der Waals surface area contributed by atoms with Crippen LogP contribution in [0.1, 0.15) is 49.5 Å². The van der Waals surface area contributed by atoms with Crippen molar-refractivity contribution in [3.63, 3.8) is 0 Å². The Kier molecular flexibility index (Phi) is 8.09. The molecule has 0 saturated heterocycles. The molecular weight excluding hydrogens is 508 g/mol. The van der Waals surface area contributed by atoms with E-state index in [1.54, 1.807) is 57.2 Å². The molecule has 0 aliphatic heterocycles. The molecule has 4 N–H and O–H groups in total. The van der Waals surface area contributed by atoms with Gasteiger partial charge >= 0.3 is 11.9 Å². The number of carbonyl (C=O) groups excluding carboxylic acids is 2. The Hall–Kier alpha value is -4.46. The Morgan fingerprint density at radius 3 is 2.00 bits per heavy atom. The lowest BCUT2D eigenvalue weighted by molar-refractivity contribution is -0.155. The van der Waals surface area contributed by atoms with Crippen molar-refractivity contribution in [1.82, 2.24) is 5.32 Å². The molecular formula is C32H34N2O6. The predicted octanol–water partition coefficient (Wildman–Crippen LogP) is 5.24. The van der Waals surface area contributed by atoms with Gasteiger partial charge in [0.25, 0.3) is 5.91 Å². The maximum atomic E-state index is 13.1. The van der Waals surface area contributed by atoms with Crippen molar-refractivity contribution in [3.05, 3.63) is 90.0 Å². The van der Waals surface area contributed by atoms with Crippen LogP contribution in [0.5, 0.6) is 0 Å². The molecule has 40 heavy (non-hydrogen) atoms. The minimum atomic E-state index is -1.18. The van der Waals surface area contributed by atoms with Gasteiger partial charge < -0.3 is 20.8 Å². The highest BCUT2D eigenvalue weighted by molar-refractivity contribution is 6.04. The Labute approximate surface area is 233 Å². The third kappa shape index (κ3) is 5.76. The second-order valence-electron chi connectivity index (χ2n) is 11.1. The summed E-state index contributed by atoms with van der Waals surface area (Å²) in [5.74, 6) is -3.48. The number of carbonyl (C=O) groups is 4. The van der Waals surface area contributed by atoms with Crippen molar-refractivity contribution in [2.45, 2.75) is 46.1 Å². The first kappa shape index (κ1) is 28.5. The van der Waals surface area contributed by atoms with Gasteiger partial charge in [-0.25, -0.2) is 4.79 Å². The van der Waals surface area contributed by atoms with Gasteiger partial charge in [0.1, 0.15) is 6.04 Å². The number of carboxylic acid groups (broad SMARTS) is 2. The van der Waals surface area contributed by atoms with Gasteiger partial charge in [0.15, 0.2) is 0 Å². The number of hydrogen-bond donors (Lipinski definition) is 4. The second kappa shape index (κ2) is 11.3. The van der Waals surface area contributed by atoms with Crippen LogP contribution in [-0.4, -0.2) is 40.0 Å². The van der Waals surface area contributed by atoms with E-state index in [2.05, 4.69) is 10.6 Å². The first-order valence-corrected chi connectivity index (χ1v) is 13.2. The van der Waals surface area contributed by atoms with Gasteiger partial charge in [-0.05, 0) is 66.1 Å². The Bertz CT molecular complexity index is 1400. The molecule has 4 rings (SSSR count). The predicted molar refractivity (Wildman–Crippen MR) is 152 cm³/mol.